The second kappa shape index (κ2) is 8.11. The molecule has 4 amide bonds. The Kier molecular flexibility index (Phi) is 5.62. The lowest BCUT2D eigenvalue weighted by Crippen LogP contribution is -2.54. The third kappa shape index (κ3) is 3.82. The smallest absolute Gasteiger partial charge is 0.335 e. The minimum atomic E-state index is -0.800. The molecular weight excluding hydrogens is 424 g/mol. The van der Waals surface area contributed by atoms with Crippen LogP contribution in [-0.4, -0.2) is 24.5 Å². The predicted octanol–water partition coefficient (Wildman–Crippen LogP) is 3.44. The summed E-state index contributed by atoms with van der Waals surface area (Å²) in [6.07, 6.45) is 6.60. The van der Waals surface area contributed by atoms with Crippen LogP contribution >= 0.6 is 15.9 Å². The number of hydrogen-bond donors (Lipinski definition) is 1. The van der Waals surface area contributed by atoms with Gasteiger partial charge in [-0.25, -0.2) is 9.69 Å². The number of para-hydroxylation sites is 1. The van der Waals surface area contributed by atoms with Gasteiger partial charge in [-0.2, -0.15) is 0 Å². The van der Waals surface area contributed by atoms with Gasteiger partial charge in [-0.3, -0.25) is 14.9 Å². The molecule has 0 radical (unpaired) electrons. The molecule has 0 bridgehead atoms. The van der Waals surface area contributed by atoms with Gasteiger partial charge in [-0.05, 0) is 42.8 Å². The molecule has 0 aromatic heterocycles. The Morgan fingerprint density at radius 2 is 1.96 bits per heavy atom. The summed E-state index contributed by atoms with van der Waals surface area (Å²) in [5.74, 6) is 1.30. The fourth-order valence-corrected chi connectivity index (χ4v) is 2.91. The zero-order valence-corrected chi connectivity index (χ0v) is 16.4. The highest BCUT2D eigenvalue weighted by molar-refractivity contribution is 9.10. The van der Waals surface area contributed by atoms with Gasteiger partial charge in [0.05, 0.1) is 5.69 Å². The van der Waals surface area contributed by atoms with Crippen molar-refractivity contribution >= 4 is 45.5 Å². The second-order valence-corrected chi connectivity index (χ2v) is 6.78. The summed E-state index contributed by atoms with van der Waals surface area (Å²) in [4.78, 5) is 38.5. The normalized spacial score (nSPS) is 15.4. The van der Waals surface area contributed by atoms with Crippen molar-refractivity contribution in [3.63, 3.8) is 0 Å². The highest BCUT2D eigenvalue weighted by atomic mass is 79.9. The first-order valence-corrected chi connectivity index (χ1v) is 9.04. The van der Waals surface area contributed by atoms with Gasteiger partial charge in [0.2, 0.25) is 0 Å². The van der Waals surface area contributed by atoms with Crippen LogP contribution < -0.4 is 15.0 Å². The van der Waals surface area contributed by atoms with Crippen molar-refractivity contribution in [2.45, 2.75) is 6.92 Å². The number of benzene rings is 2. The van der Waals surface area contributed by atoms with Crippen LogP contribution in [0.15, 0.2) is 52.5 Å². The van der Waals surface area contributed by atoms with E-state index in [4.69, 9.17) is 11.2 Å². The lowest BCUT2D eigenvalue weighted by Gasteiger charge is -2.26. The van der Waals surface area contributed by atoms with Crippen molar-refractivity contribution in [2.75, 3.05) is 11.5 Å². The number of barbiturate groups is 1. The van der Waals surface area contributed by atoms with Crippen molar-refractivity contribution in [3.05, 3.63) is 63.6 Å². The number of aryl methyl sites for hydroxylation is 1. The number of carbonyl (C=O) groups is 3. The number of anilines is 1. The highest BCUT2D eigenvalue weighted by Crippen LogP contribution is 2.27. The summed E-state index contributed by atoms with van der Waals surface area (Å²) in [5.41, 5.74) is 1.52. The topological polar surface area (TPSA) is 75.7 Å². The van der Waals surface area contributed by atoms with Crippen LogP contribution in [0, 0.1) is 19.3 Å². The molecular formula is C21H15BrN2O4. The number of amides is 4. The number of urea groups is 1. The van der Waals surface area contributed by atoms with Crippen LogP contribution in [0.2, 0.25) is 0 Å². The highest BCUT2D eigenvalue weighted by Gasteiger charge is 2.37. The van der Waals surface area contributed by atoms with Gasteiger partial charge in [0, 0.05) is 10.0 Å². The van der Waals surface area contributed by atoms with Gasteiger partial charge in [0.25, 0.3) is 11.8 Å². The van der Waals surface area contributed by atoms with E-state index in [1.54, 1.807) is 42.5 Å². The van der Waals surface area contributed by atoms with Gasteiger partial charge in [0.1, 0.15) is 17.9 Å². The molecule has 2 aromatic rings. The summed E-state index contributed by atoms with van der Waals surface area (Å²) >= 11 is 3.38. The molecule has 6 nitrogen and oxygen atoms in total. The van der Waals surface area contributed by atoms with Gasteiger partial charge >= 0.3 is 6.03 Å². The van der Waals surface area contributed by atoms with E-state index in [0.29, 0.717) is 17.0 Å². The minimum absolute atomic E-state index is 0.0448. The predicted molar refractivity (Wildman–Crippen MR) is 109 cm³/mol. The van der Waals surface area contributed by atoms with Gasteiger partial charge in [0.15, 0.2) is 0 Å². The lowest BCUT2D eigenvalue weighted by molar-refractivity contribution is -0.122. The SMILES string of the molecule is C#CCOc1ccccc1/C=C1/C(=O)NC(=O)N(c2ccc(Br)c(C)c2)C1=O. The van der Waals surface area contributed by atoms with E-state index < -0.39 is 17.8 Å². The summed E-state index contributed by atoms with van der Waals surface area (Å²) in [5, 5.41) is 2.20. The average molecular weight is 439 g/mol. The van der Waals surface area contributed by atoms with Crippen molar-refractivity contribution in [3.8, 4) is 18.1 Å². The monoisotopic (exact) mass is 438 g/mol. The van der Waals surface area contributed by atoms with Crippen LogP contribution in [0.4, 0.5) is 10.5 Å². The molecule has 28 heavy (non-hydrogen) atoms. The fraction of sp³-hybridized carbons (Fsp3) is 0.0952. The van der Waals surface area contributed by atoms with Crippen molar-refractivity contribution in [2.24, 2.45) is 0 Å². The number of terminal acetylenes is 1. The van der Waals surface area contributed by atoms with E-state index in [1.165, 1.54) is 6.08 Å². The van der Waals surface area contributed by atoms with Gasteiger partial charge in [-0.15, -0.1) is 6.42 Å². The summed E-state index contributed by atoms with van der Waals surface area (Å²) < 4.78 is 6.29. The average Bonchev–Trinajstić information content (AvgIpc) is 2.67. The van der Waals surface area contributed by atoms with Crippen LogP contribution in [0.25, 0.3) is 6.08 Å². The zero-order valence-electron chi connectivity index (χ0n) is 14.9. The maximum Gasteiger partial charge on any atom is 0.335 e. The number of imide groups is 2. The molecule has 3 rings (SSSR count). The number of ether oxygens (including phenoxy) is 1. The molecule has 0 spiro atoms. The Morgan fingerprint density at radius 3 is 2.68 bits per heavy atom. The molecule has 0 atom stereocenters. The molecule has 140 valence electrons. The molecule has 0 aliphatic carbocycles. The first kappa shape index (κ1) is 19.4. The molecule has 1 saturated heterocycles. The van der Waals surface area contributed by atoms with Crippen LogP contribution in [0.5, 0.6) is 5.75 Å². The Balaban J connectivity index is 2.02. The zero-order chi connectivity index (χ0) is 20.3. The third-order valence-corrected chi connectivity index (χ3v) is 4.92. The molecule has 1 aliphatic heterocycles. The molecule has 2 aromatic carbocycles. The molecule has 1 fully saturated rings. The number of nitrogens with zero attached hydrogens (tertiary/aromatic N) is 1. The Hall–Kier alpha value is -3.37. The summed E-state index contributed by atoms with van der Waals surface area (Å²) in [7, 11) is 0. The number of rotatable bonds is 4. The van der Waals surface area contributed by atoms with Crippen molar-refractivity contribution in [1.82, 2.24) is 5.32 Å². The first-order chi connectivity index (χ1) is 13.4. The lowest BCUT2D eigenvalue weighted by atomic mass is 10.1. The van der Waals surface area contributed by atoms with Crippen LogP contribution in [-0.2, 0) is 9.59 Å². The second-order valence-electron chi connectivity index (χ2n) is 5.92. The Morgan fingerprint density at radius 1 is 1.21 bits per heavy atom. The molecule has 0 saturated carbocycles. The maximum atomic E-state index is 13.0. The molecule has 0 unspecified atom stereocenters. The van der Waals surface area contributed by atoms with E-state index in [-0.39, 0.29) is 12.2 Å². The van der Waals surface area contributed by atoms with E-state index in [0.717, 1.165) is 14.9 Å². The van der Waals surface area contributed by atoms with E-state index in [9.17, 15) is 14.4 Å². The number of carbonyl (C=O) groups excluding carboxylic acids is 3. The van der Waals surface area contributed by atoms with E-state index >= 15 is 0 Å². The van der Waals surface area contributed by atoms with Gasteiger partial charge < -0.3 is 4.74 Å². The number of nitrogens with one attached hydrogen (secondary N) is 1. The Bertz CT molecular complexity index is 1050. The number of hydrogen-bond acceptors (Lipinski definition) is 4. The molecule has 1 aliphatic rings. The van der Waals surface area contributed by atoms with Crippen molar-refractivity contribution < 1.29 is 19.1 Å². The standard InChI is InChI=1S/C21H15BrN2O4/c1-3-10-28-18-7-5-4-6-14(18)12-16-19(25)23-21(27)24(20(16)26)15-8-9-17(22)13(2)11-15/h1,4-9,11-12H,10H2,2H3,(H,23,25,27)/b16-12-. The minimum Gasteiger partial charge on any atom is -0.480 e. The fourth-order valence-electron chi connectivity index (χ4n) is 2.67. The molecule has 7 heteroatoms. The first-order valence-electron chi connectivity index (χ1n) is 8.25. The van der Waals surface area contributed by atoms with E-state index in [1.807, 2.05) is 6.92 Å². The molecule has 1 N–H and O–H groups in total. The van der Waals surface area contributed by atoms with Gasteiger partial charge in [-0.1, -0.05) is 40.0 Å². The largest absolute Gasteiger partial charge is 0.480 e. The summed E-state index contributed by atoms with van der Waals surface area (Å²) in [6.45, 7) is 1.88. The van der Waals surface area contributed by atoms with E-state index in [2.05, 4.69) is 27.2 Å². The molecule has 1 heterocycles. The summed E-state index contributed by atoms with van der Waals surface area (Å²) in [6, 6.07) is 11.1. The Labute approximate surface area is 170 Å². The van der Waals surface area contributed by atoms with Crippen LogP contribution in [0.1, 0.15) is 11.1 Å². The number of halogens is 1. The maximum absolute atomic E-state index is 13.0. The van der Waals surface area contributed by atoms with Crippen LogP contribution in [0.3, 0.4) is 0 Å². The third-order valence-electron chi connectivity index (χ3n) is 4.03. The van der Waals surface area contributed by atoms with Crippen molar-refractivity contribution in [1.29, 1.82) is 0 Å². The quantitative estimate of drug-likeness (QED) is 0.450.